The number of rotatable bonds is 7. The molecule has 1 heterocycles. The van der Waals surface area contributed by atoms with Gasteiger partial charge in [-0.15, -0.1) is 0 Å². The Morgan fingerprint density at radius 3 is 2.79 bits per heavy atom. The fourth-order valence-corrected chi connectivity index (χ4v) is 3.22. The SMILES string of the molecule is COCCCCC(=O)N1CCC(c2ccc(OC)c(F)c2)C(N)C1. The number of likely N-dealkylation sites (tertiary alicyclic amines) is 1. The van der Waals surface area contributed by atoms with E-state index in [-0.39, 0.29) is 29.4 Å². The molecule has 134 valence electrons. The van der Waals surface area contributed by atoms with Crippen LogP contribution in [0.3, 0.4) is 0 Å². The highest BCUT2D eigenvalue weighted by molar-refractivity contribution is 5.76. The van der Waals surface area contributed by atoms with Gasteiger partial charge in [-0.2, -0.15) is 0 Å². The molecule has 1 aromatic rings. The highest BCUT2D eigenvalue weighted by Gasteiger charge is 2.30. The number of benzene rings is 1. The molecule has 0 aromatic heterocycles. The van der Waals surface area contributed by atoms with Gasteiger partial charge in [0.05, 0.1) is 7.11 Å². The smallest absolute Gasteiger partial charge is 0.222 e. The van der Waals surface area contributed by atoms with Crippen molar-refractivity contribution in [2.45, 2.75) is 37.6 Å². The van der Waals surface area contributed by atoms with Crippen LogP contribution in [0.1, 0.15) is 37.2 Å². The minimum Gasteiger partial charge on any atom is -0.494 e. The minimum absolute atomic E-state index is 0.0583. The molecule has 1 aliphatic rings. The first-order chi connectivity index (χ1) is 11.6. The van der Waals surface area contributed by atoms with Gasteiger partial charge in [0.1, 0.15) is 0 Å². The number of halogens is 1. The molecule has 1 aromatic carbocycles. The number of hydrogen-bond donors (Lipinski definition) is 1. The largest absolute Gasteiger partial charge is 0.494 e. The van der Waals surface area contributed by atoms with Gasteiger partial charge in [-0.05, 0) is 37.0 Å². The molecule has 2 atom stereocenters. The predicted octanol–water partition coefficient (Wildman–Crippen LogP) is 2.29. The average molecular weight is 338 g/mol. The van der Waals surface area contributed by atoms with Crippen molar-refractivity contribution in [3.63, 3.8) is 0 Å². The van der Waals surface area contributed by atoms with Crippen LogP contribution in [0.4, 0.5) is 4.39 Å². The summed E-state index contributed by atoms with van der Waals surface area (Å²) in [5, 5.41) is 0. The lowest BCUT2D eigenvalue weighted by Gasteiger charge is -2.37. The van der Waals surface area contributed by atoms with Gasteiger partial charge in [-0.25, -0.2) is 4.39 Å². The molecule has 24 heavy (non-hydrogen) atoms. The molecule has 1 saturated heterocycles. The molecule has 1 aliphatic heterocycles. The van der Waals surface area contributed by atoms with Gasteiger partial charge in [-0.3, -0.25) is 4.79 Å². The molecule has 2 rings (SSSR count). The highest BCUT2D eigenvalue weighted by Crippen LogP contribution is 2.30. The van der Waals surface area contributed by atoms with E-state index in [4.69, 9.17) is 15.2 Å². The molecule has 5 nitrogen and oxygen atoms in total. The number of amides is 1. The lowest BCUT2D eigenvalue weighted by molar-refractivity contribution is -0.132. The second-order valence-corrected chi connectivity index (χ2v) is 6.24. The monoisotopic (exact) mass is 338 g/mol. The maximum absolute atomic E-state index is 13.9. The van der Waals surface area contributed by atoms with Crippen LogP contribution in [-0.4, -0.2) is 50.8 Å². The van der Waals surface area contributed by atoms with Crippen LogP contribution >= 0.6 is 0 Å². The number of hydrogen-bond acceptors (Lipinski definition) is 4. The topological polar surface area (TPSA) is 64.8 Å². The van der Waals surface area contributed by atoms with Crippen molar-refractivity contribution < 1.29 is 18.7 Å². The molecule has 0 bridgehead atoms. The van der Waals surface area contributed by atoms with Crippen molar-refractivity contribution in [3.05, 3.63) is 29.6 Å². The van der Waals surface area contributed by atoms with Crippen molar-refractivity contribution >= 4 is 5.91 Å². The van der Waals surface area contributed by atoms with Gasteiger partial charge in [0, 0.05) is 45.2 Å². The van der Waals surface area contributed by atoms with Gasteiger partial charge < -0.3 is 20.1 Å². The number of piperidine rings is 1. The first-order valence-electron chi connectivity index (χ1n) is 8.42. The van der Waals surface area contributed by atoms with Crippen molar-refractivity contribution in [3.8, 4) is 5.75 Å². The summed E-state index contributed by atoms with van der Waals surface area (Å²) in [7, 11) is 3.11. The summed E-state index contributed by atoms with van der Waals surface area (Å²) in [6.45, 7) is 1.86. The molecule has 2 N–H and O–H groups in total. The quantitative estimate of drug-likeness (QED) is 0.775. The zero-order valence-electron chi connectivity index (χ0n) is 14.5. The van der Waals surface area contributed by atoms with Crippen molar-refractivity contribution in [1.82, 2.24) is 4.90 Å². The Morgan fingerprint density at radius 1 is 1.38 bits per heavy atom. The van der Waals surface area contributed by atoms with Crippen molar-refractivity contribution in [2.24, 2.45) is 5.73 Å². The molecular formula is C18H27FN2O3. The molecule has 1 amide bonds. The minimum atomic E-state index is -0.376. The van der Waals surface area contributed by atoms with Crippen LogP contribution in [0.2, 0.25) is 0 Å². The predicted molar refractivity (Wildman–Crippen MR) is 90.6 cm³/mol. The summed E-state index contributed by atoms with van der Waals surface area (Å²) in [4.78, 5) is 14.1. The van der Waals surface area contributed by atoms with Gasteiger partial charge in [0.2, 0.25) is 5.91 Å². The molecule has 0 radical (unpaired) electrons. The van der Waals surface area contributed by atoms with Crippen LogP contribution < -0.4 is 10.5 Å². The highest BCUT2D eigenvalue weighted by atomic mass is 19.1. The number of ether oxygens (including phenoxy) is 2. The lowest BCUT2D eigenvalue weighted by atomic mass is 9.85. The number of unbranched alkanes of at least 4 members (excludes halogenated alkanes) is 1. The number of nitrogens with two attached hydrogens (primary N) is 1. The second kappa shape index (κ2) is 8.99. The van der Waals surface area contributed by atoms with Crippen LogP contribution in [0, 0.1) is 5.82 Å². The summed E-state index contributed by atoms with van der Waals surface area (Å²) in [6, 6.07) is 4.79. The first-order valence-corrected chi connectivity index (χ1v) is 8.42. The fraction of sp³-hybridized carbons (Fsp3) is 0.611. The van der Waals surface area contributed by atoms with Crippen LogP contribution in [0.5, 0.6) is 5.75 Å². The van der Waals surface area contributed by atoms with Gasteiger partial charge in [-0.1, -0.05) is 6.07 Å². The second-order valence-electron chi connectivity index (χ2n) is 6.24. The van der Waals surface area contributed by atoms with Crippen LogP contribution in [0.25, 0.3) is 0 Å². The van der Waals surface area contributed by atoms with Crippen LogP contribution in [-0.2, 0) is 9.53 Å². The Kier molecular flexibility index (Phi) is 6.99. The number of carbonyl (C=O) groups excluding carboxylic acids is 1. The molecular weight excluding hydrogens is 311 g/mol. The summed E-state index contributed by atoms with van der Waals surface area (Å²) in [6.07, 6.45) is 2.98. The van der Waals surface area contributed by atoms with Gasteiger partial charge in [0.25, 0.3) is 0 Å². The van der Waals surface area contributed by atoms with Gasteiger partial charge in [0.15, 0.2) is 11.6 Å². The first kappa shape index (κ1) is 18.7. The molecule has 1 fully saturated rings. The molecule has 0 saturated carbocycles. The van der Waals surface area contributed by atoms with E-state index in [1.165, 1.54) is 13.2 Å². The van der Waals surface area contributed by atoms with E-state index in [1.54, 1.807) is 13.2 Å². The molecule has 6 heteroatoms. The summed E-state index contributed by atoms with van der Waals surface area (Å²) in [5.41, 5.74) is 7.14. The third-order valence-corrected chi connectivity index (χ3v) is 4.60. The van der Waals surface area contributed by atoms with E-state index < -0.39 is 0 Å². The summed E-state index contributed by atoms with van der Waals surface area (Å²) >= 11 is 0. The standard InChI is InChI=1S/C18H27FN2O3/c1-23-10-4-3-5-18(22)21-9-8-14(16(20)12-21)13-6-7-17(24-2)15(19)11-13/h6-7,11,14,16H,3-5,8-10,12,20H2,1-2H3. The Labute approximate surface area is 142 Å². The zero-order chi connectivity index (χ0) is 17.5. The van der Waals surface area contributed by atoms with E-state index >= 15 is 0 Å². The normalized spacial score (nSPS) is 20.9. The molecule has 2 unspecified atom stereocenters. The van der Waals surface area contributed by atoms with Crippen molar-refractivity contribution in [1.29, 1.82) is 0 Å². The maximum Gasteiger partial charge on any atom is 0.222 e. The van der Waals surface area contributed by atoms with E-state index in [1.807, 2.05) is 11.0 Å². The van der Waals surface area contributed by atoms with E-state index in [2.05, 4.69) is 0 Å². The van der Waals surface area contributed by atoms with E-state index in [9.17, 15) is 9.18 Å². The molecule has 0 spiro atoms. The third-order valence-electron chi connectivity index (χ3n) is 4.60. The Balaban J connectivity index is 1.90. The Morgan fingerprint density at radius 2 is 2.17 bits per heavy atom. The number of nitrogens with zero attached hydrogens (tertiary/aromatic N) is 1. The Bertz CT molecular complexity index is 553. The average Bonchev–Trinajstić information content (AvgIpc) is 2.58. The van der Waals surface area contributed by atoms with E-state index in [0.29, 0.717) is 26.1 Å². The van der Waals surface area contributed by atoms with Gasteiger partial charge >= 0.3 is 0 Å². The fourth-order valence-electron chi connectivity index (χ4n) is 3.22. The zero-order valence-corrected chi connectivity index (χ0v) is 14.5. The lowest BCUT2D eigenvalue weighted by Crippen LogP contribution is -2.49. The maximum atomic E-state index is 13.9. The summed E-state index contributed by atoms with van der Waals surface area (Å²) in [5.74, 6) is 0.0544. The van der Waals surface area contributed by atoms with E-state index in [0.717, 1.165) is 24.8 Å². The Hall–Kier alpha value is -1.66. The van der Waals surface area contributed by atoms with Crippen LogP contribution in [0.15, 0.2) is 18.2 Å². The third kappa shape index (κ3) is 4.68. The molecule has 0 aliphatic carbocycles. The number of carbonyl (C=O) groups is 1. The number of methoxy groups -OCH3 is 2. The summed E-state index contributed by atoms with van der Waals surface area (Å²) < 4.78 is 23.8. The van der Waals surface area contributed by atoms with Crippen molar-refractivity contribution in [2.75, 3.05) is 33.9 Å².